The summed E-state index contributed by atoms with van der Waals surface area (Å²) >= 11 is 0. The van der Waals surface area contributed by atoms with E-state index < -0.39 is 5.97 Å². The molecule has 1 aliphatic rings. The van der Waals surface area contributed by atoms with Gasteiger partial charge in [-0.1, -0.05) is 5.92 Å². The zero-order valence-corrected chi connectivity index (χ0v) is 5.46. The Kier molecular flexibility index (Phi) is 2.30. The normalized spacial score (nSPS) is 23.4. The highest BCUT2D eigenvalue weighted by molar-refractivity contribution is 5.86. The van der Waals surface area contributed by atoms with Gasteiger partial charge in [0.2, 0.25) is 0 Å². The van der Waals surface area contributed by atoms with Crippen LogP contribution in [0, 0.1) is 11.8 Å². The van der Waals surface area contributed by atoms with E-state index in [1.54, 1.807) is 0 Å². The lowest BCUT2D eigenvalue weighted by Gasteiger charge is -1.95. The van der Waals surface area contributed by atoms with Crippen LogP contribution < -0.4 is 0 Å². The number of hydrogen-bond donors (Lipinski definition) is 1. The van der Waals surface area contributed by atoms with E-state index in [0.717, 1.165) is 12.8 Å². The van der Waals surface area contributed by atoms with Gasteiger partial charge in [0.25, 0.3) is 0 Å². The molecule has 0 saturated carbocycles. The average Bonchev–Trinajstić information content (AvgIpc) is 2.34. The zero-order chi connectivity index (χ0) is 7.40. The van der Waals surface area contributed by atoms with E-state index in [1.807, 2.05) is 5.92 Å². The molecule has 1 fully saturated rings. The first-order valence-electron chi connectivity index (χ1n) is 3.15. The average molecular weight is 140 g/mol. The molecule has 1 aliphatic heterocycles. The lowest BCUT2D eigenvalue weighted by Crippen LogP contribution is -2.01. The molecular weight excluding hydrogens is 132 g/mol. The molecule has 0 aromatic heterocycles. The second-order valence-electron chi connectivity index (χ2n) is 2.08. The van der Waals surface area contributed by atoms with Crippen LogP contribution in [0.2, 0.25) is 0 Å². The molecule has 1 heterocycles. The molecule has 0 aromatic carbocycles. The Balaban J connectivity index is 2.38. The molecule has 10 heavy (non-hydrogen) atoms. The molecule has 0 amide bonds. The van der Waals surface area contributed by atoms with Crippen LogP contribution in [0.1, 0.15) is 12.8 Å². The second-order valence-corrected chi connectivity index (χ2v) is 2.08. The molecule has 3 heteroatoms. The standard InChI is InChI=1S/C7H8O3/c8-7(9)4-3-6-2-1-5-10-6/h6H,1-2,5H2,(H,8,9). The van der Waals surface area contributed by atoms with Crippen LogP contribution in [0.5, 0.6) is 0 Å². The minimum Gasteiger partial charge on any atom is -0.472 e. The Hall–Kier alpha value is -1.01. The van der Waals surface area contributed by atoms with Crippen molar-refractivity contribution in [2.24, 2.45) is 0 Å². The lowest BCUT2D eigenvalue weighted by molar-refractivity contribution is -0.130. The highest BCUT2D eigenvalue weighted by Gasteiger charge is 2.11. The number of rotatable bonds is 0. The van der Waals surface area contributed by atoms with E-state index in [-0.39, 0.29) is 6.10 Å². The Labute approximate surface area is 59.0 Å². The van der Waals surface area contributed by atoms with E-state index in [4.69, 9.17) is 9.84 Å². The molecule has 0 aliphatic carbocycles. The van der Waals surface area contributed by atoms with Crippen molar-refractivity contribution in [1.82, 2.24) is 0 Å². The van der Waals surface area contributed by atoms with Gasteiger partial charge in [-0.05, 0) is 12.8 Å². The lowest BCUT2D eigenvalue weighted by atomic mass is 10.2. The fourth-order valence-corrected chi connectivity index (χ4v) is 0.834. The van der Waals surface area contributed by atoms with Crippen LogP contribution in [0.15, 0.2) is 0 Å². The molecule has 1 N–H and O–H groups in total. The first-order valence-corrected chi connectivity index (χ1v) is 3.15. The van der Waals surface area contributed by atoms with Gasteiger partial charge in [0.05, 0.1) is 0 Å². The van der Waals surface area contributed by atoms with Gasteiger partial charge in [-0.15, -0.1) is 0 Å². The fourth-order valence-electron chi connectivity index (χ4n) is 0.834. The van der Waals surface area contributed by atoms with Crippen LogP contribution in [0.3, 0.4) is 0 Å². The van der Waals surface area contributed by atoms with Crippen LogP contribution in [-0.4, -0.2) is 23.8 Å². The van der Waals surface area contributed by atoms with Crippen LogP contribution in [-0.2, 0) is 9.53 Å². The van der Waals surface area contributed by atoms with Crippen molar-refractivity contribution in [2.75, 3.05) is 6.61 Å². The number of hydrogen-bond acceptors (Lipinski definition) is 2. The summed E-state index contributed by atoms with van der Waals surface area (Å²) in [5.74, 6) is 3.45. The highest BCUT2D eigenvalue weighted by Crippen LogP contribution is 2.09. The van der Waals surface area contributed by atoms with Crippen molar-refractivity contribution in [2.45, 2.75) is 18.9 Å². The van der Waals surface area contributed by atoms with Crippen LogP contribution >= 0.6 is 0 Å². The molecule has 54 valence electrons. The maximum Gasteiger partial charge on any atom is 0.381 e. The predicted molar refractivity (Wildman–Crippen MR) is 34.4 cm³/mol. The van der Waals surface area contributed by atoms with Gasteiger partial charge >= 0.3 is 5.97 Å². The number of carboxylic acids is 1. The van der Waals surface area contributed by atoms with E-state index >= 15 is 0 Å². The van der Waals surface area contributed by atoms with Crippen molar-refractivity contribution < 1.29 is 14.6 Å². The third-order valence-electron chi connectivity index (χ3n) is 1.27. The minimum atomic E-state index is -1.09. The fraction of sp³-hybridized carbons (Fsp3) is 0.571. The molecule has 0 bridgehead atoms. The largest absolute Gasteiger partial charge is 0.472 e. The Morgan fingerprint density at radius 2 is 2.50 bits per heavy atom. The SMILES string of the molecule is O=C(O)C#CC1CCCO1. The predicted octanol–water partition coefficient (Wildman–Crippen LogP) is 0.253. The number of carboxylic acid groups (broad SMARTS) is 1. The summed E-state index contributed by atoms with van der Waals surface area (Å²) in [6.45, 7) is 0.707. The smallest absolute Gasteiger partial charge is 0.381 e. The van der Waals surface area contributed by atoms with Gasteiger partial charge in [-0.25, -0.2) is 4.79 Å². The monoisotopic (exact) mass is 140 g/mol. The topological polar surface area (TPSA) is 46.5 Å². The van der Waals surface area contributed by atoms with Gasteiger partial charge in [-0.2, -0.15) is 0 Å². The highest BCUT2D eigenvalue weighted by atomic mass is 16.5. The summed E-state index contributed by atoms with van der Waals surface area (Å²) in [6.07, 6.45) is 1.70. The van der Waals surface area contributed by atoms with Crippen molar-refractivity contribution in [3.63, 3.8) is 0 Å². The zero-order valence-electron chi connectivity index (χ0n) is 5.46. The minimum absolute atomic E-state index is 0.143. The summed E-state index contributed by atoms with van der Waals surface area (Å²) in [5.41, 5.74) is 0. The molecular formula is C7H8O3. The molecule has 1 atom stereocenters. The molecule has 1 rings (SSSR count). The van der Waals surface area contributed by atoms with Crippen molar-refractivity contribution in [1.29, 1.82) is 0 Å². The van der Waals surface area contributed by atoms with E-state index in [1.165, 1.54) is 0 Å². The third kappa shape index (κ3) is 2.08. The van der Waals surface area contributed by atoms with Crippen LogP contribution in [0.4, 0.5) is 0 Å². The molecule has 3 nitrogen and oxygen atoms in total. The Bertz CT molecular complexity index is 181. The molecule has 1 unspecified atom stereocenters. The van der Waals surface area contributed by atoms with E-state index in [2.05, 4.69) is 5.92 Å². The van der Waals surface area contributed by atoms with Gasteiger partial charge in [0, 0.05) is 12.5 Å². The van der Waals surface area contributed by atoms with Crippen LogP contribution in [0.25, 0.3) is 0 Å². The summed E-state index contributed by atoms with van der Waals surface area (Å²) in [6, 6.07) is 0. The molecule has 0 radical (unpaired) electrons. The first kappa shape index (κ1) is 7.10. The van der Waals surface area contributed by atoms with Gasteiger partial charge < -0.3 is 9.84 Å². The first-order chi connectivity index (χ1) is 4.79. The van der Waals surface area contributed by atoms with Gasteiger partial charge in [0.15, 0.2) is 0 Å². The third-order valence-corrected chi connectivity index (χ3v) is 1.27. The number of ether oxygens (including phenoxy) is 1. The second kappa shape index (κ2) is 3.23. The Morgan fingerprint density at radius 1 is 1.70 bits per heavy atom. The Morgan fingerprint density at radius 3 is 3.00 bits per heavy atom. The molecule has 1 saturated heterocycles. The number of aliphatic carboxylic acids is 1. The quantitative estimate of drug-likeness (QED) is 0.491. The van der Waals surface area contributed by atoms with Gasteiger partial charge in [-0.3, -0.25) is 0 Å². The summed E-state index contributed by atoms with van der Waals surface area (Å²) in [7, 11) is 0. The maximum atomic E-state index is 9.93. The summed E-state index contributed by atoms with van der Waals surface area (Å²) < 4.78 is 5.07. The van der Waals surface area contributed by atoms with Crippen molar-refractivity contribution in [3.8, 4) is 11.8 Å². The van der Waals surface area contributed by atoms with E-state index in [0.29, 0.717) is 6.61 Å². The number of carbonyl (C=O) groups is 1. The van der Waals surface area contributed by atoms with Gasteiger partial charge in [0.1, 0.15) is 6.10 Å². The summed E-state index contributed by atoms with van der Waals surface area (Å²) in [4.78, 5) is 9.93. The van der Waals surface area contributed by atoms with Crippen molar-refractivity contribution >= 4 is 5.97 Å². The van der Waals surface area contributed by atoms with E-state index in [9.17, 15) is 4.79 Å². The maximum absolute atomic E-state index is 9.93. The molecule has 0 spiro atoms. The van der Waals surface area contributed by atoms with Crippen molar-refractivity contribution in [3.05, 3.63) is 0 Å². The molecule has 0 aromatic rings. The summed E-state index contributed by atoms with van der Waals surface area (Å²) in [5, 5.41) is 8.14.